The Morgan fingerprint density at radius 1 is 0.167 bits per heavy atom. The molecule has 0 saturated heterocycles. The zero-order valence-electron chi connectivity index (χ0n) is 70.0. The molecule has 0 saturated carbocycles. The smallest absolute Gasteiger partial charge is 0.0547 e. The summed E-state index contributed by atoms with van der Waals surface area (Å²) in [4.78, 5) is 0. The van der Waals surface area contributed by atoms with Gasteiger partial charge in [-0.05, 0) is 237 Å². The number of halogens is 3. The maximum Gasteiger partial charge on any atom is 0.0547 e. The van der Waals surface area contributed by atoms with Gasteiger partial charge in [0.05, 0.1) is 38.8 Å². The first-order valence-corrected chi connectivity index (χ1v) is 45.5. The molecule has 24 rings (SSSR count). The number of fused-ring (bicyclic) bond motifs is 15. The van der Waals surface area contributed by atoms with Gasteiger partial charge in [0, 0.05) is 73.5 Å². The fraction of sp³-hybridized carbons (Fsp3) is 0.0500. The lowest BCUT2D eigenvalue weighted by Crippen LogP contribution is -2.15. The lowest BCUT2D eigenvalue weighted by molar-refractivity contribution is 0.660. The van der Waals surface area contributed by atoms with Crippen LogP contribution in [0.25, 0.3) is 194 Å². The van der Waals surface area contributed by atoms with Gasteiger partial charge in [-0.15, -0.1) is 0 Å². The van der Waals surface area contributed by atoms with E-state index >= 15 is 0 Å². The van der Waals surface area contributed by atoms with Crippen molar-refractivity contribution in [3.05, 3.63) is 472 Å². The van der Waals surface area contributed by atoms with Crippen LogP contribution in [0.2, 0.25) is 0 Å². The van der Waals surface area contributed by atoms with Crippen LogP contribution >= 0.6 is 47.8 Å². The highest BCUT2D eigenvalue weighted by atomic mass is 79.9. The quantitative estimate of drug-likeness (QED) is 0.123. The molecule has 0 unspecified atom stereocenters. The molecule has 2 aliphatic carbocycles. The van der Waals surface area contributed by atoms with Crippen molar-refractivity contribution in [1.82, 2.24) is 13.7 Å². The molecule has 6 heteroatoms. The van der Waals surface area contributed by atoms with E-state index in [1.807, 2.05) is 0 Å². The molecular weight excluding hydrogens is 1720 g/mol. The van der Waals surface area contributed by atoms with E-state index in [0.29, 0.717) is 0 Å². The summed E-state index contributed by atoms with van der Waals surface area (Å²) in [7, 11) is 0. The highest BCUT2D eigenvalue weighted by molar-refractivity contribution is 9.11. The van der Waals surface area contributed by atoms with Crippen molar-refractivity contribution in [1.29, 1.82) is 0 Å². The van der Waals surface area contributed by atoms with Gasteiger partial charge in [-0.1, -0.05) is 403 Å². The zero-order valence-corrected chi connectivity index (χ0v) is 74.8. The van der Waals surface area contributed by atoms with E-state index in [-0.39, 0.29) is 10.8 Å². The van der Waals surface area contributed by atoms with Crippen LogP contribution < -0.4 is 0 Å². The molecule has 2 aliphatic rings. The molecule has 0 amide bonds. The Kier molecular flexibility index (Phi) is 19.8. The van der Waals surface area contributed by atoms with E-state index in [9.17, 15) is 0 Å². The third-order valence-electron chi connectivity index (χ3n) is 26.2. The normalized spacial score (nSPS) is 12.7. The van der Waals surface area contributed by atoms with Crippen LogP contribution in [0.1, 0.15) is 49.9 Å². The molecule has 0 atom stereocenters. The number of para-hydroxylation sites is 3. The minimum Gasteiger partial charge on any atom is -0.309 e. The van der Waals surface area contributed by atoms with E-state index in [4.69, 9.17) is 0 Å². The molecule has 3 heterocycles. The van der Waals surface area contributed by atoms with Crippen molar-refractivity contribution in [2.24, 2.45) is 0 Å². The molecule has 19 aromatic carbocycles. The van der Waals surface area contributed by atoms with Crippen molar-refractivity contribution >= 4 is 113 Å². The Bertz CT molecular complexity index is 8070. The van der Waals surface area contributed by atoms with Gasteiger partial charge in [0.15, 0.2) is 0 Å². The van der Waals surface area contributed by atoms with Gasteiger partial charge in [-0.25, -0.2) is 0 Å². The standard InChI is InChI=1S/C42H28BrN.2C39H28BrN/c43-39-20-9-7-18-35(39)34-17-11-16-31(26-34)33-22-24-37-36-19-8-10-21-40(36)44(42(37)28-33)41-25-23-32(29-12-3-1-4-13-29)27-38(41)30-14-5-2-6-15-30;1-39(2)34-15-6-3-13-30(34)31-21-19-28(24-35(31)39)41-37-17-8-5-14-32(37)33-20-18-26(23-38(33)41)25-10-9-11-27(22-25)29-12-4-7-16-36(29)40;1-39(2)34-15-6-3-13-30(34)33-24-28(19-21-35(33)39)41-37-17-8-5-14-31(37)32-20-18-26(23-38(32)41)25-10-9-11-27(22-25)29-12-4-7-16-36(29)40/h1-28H;2*3-24H,1-2H3. The average molecular weight is 1810 g/mol. The second kappa shape index (κ2) is 32.0. The van der Waals surface area contributed by atoms with E-state index in [2.05, 4.69) is 526 Å². The maximum atomic E-state index is 3.74. The molecule has 3 aromatic heterocycles. The van der Waals surface area contributed by atoms with Crippen LogP contribution in [-0.2, 0) is 10.8 Å². The van der Waals surface area contributed by atoms with E-state index in [0.717, 1.165) is 13.4 Å². The van der Waals surface area contributed by atoms with Crippen molar-refractivity contribution in [3.8, 4) is 128 Å². The van der Waals surface area contributed by atoms with Crippen molar-refractivity contribution in [3.63, 3.8) is 0 Å². The first-order chi connectivity index (χ1) is 61.7. The molecule has 600 valence electrons. The van der Waals surface area contributed by atoms with Gasteiger partial charge in [-0.3, -0.25) is 0 Å². The van der Waals surface area contributed by atoms with Crippen LogP contribution in [0.5, 0.6) is 0 Å². The van der Waals surface area contributed by atoms with Gasteiger partial charge >= 0.3 is 0 Å². The Morgan fingerprint density at radius 2 is 0.476 bits per heavy atom. The molecule has 0 spiro atoms. The summed E-state index contributed by atoms with van der Waals surface area (Å²) in [6, 6.07) is 159. The number of nitrogens with zero attached hydrogens (tertiary/aromatic N) is 3. The Labute approximate surface area is 759 Å². The Morgan fingerprint density at radius 3 is 0.944 bits per heavy atom. The summed E-state index contributed by atoms with van der Waals surface area (Å²) in [5.41, 5.74) is 41.1. The van der Waals surface area contributed by atoms with Gasteiger partial charge in [0.1, 0.15) is 0 Å². The fourth-order valence-corrected chi connectivity index (χ4v) is 21.6. The number of aromatic nitrogens is 3. The molecule has 0 bridgehead atoms. The molecule has 3 nitrogen and oxygen atoms in total. The monoisotopic (exact) mass is 1800 g/mol. The van der Waals surface area contributed by atoms with Gasteiger partial charge in [-0.2, -0.15) is 0 Å². The van der Waals surface area contributed by atoms with Gasteiger partial charge in [0.2, 0.25) is 0 Å². The van der Waals surface area contributed by atoms with E-state index in [1.165, 1.54) is 216 Å². The second-order valence-electron chi connectivity index (χ2n) is 34.2. The van der Waals surface area contributed by atoms with Crippen molar-refractivity contribution in [2.75, 3.05) is 0 Å². The first-order valence-electron chi connectivity index (χ1n) is 43.2. The van der Waals surface area contributed by atoms with Crippen molar-refractivity contribution in [2.45, 2.75) is 38.5 Å². The maximum absolute atomic E-state index is 3.74. The molecule has 0 fully saturated rings. The molecule has 22 aromatic rings. The Balaban J connectivity index is 0.000000112. The minimum atomic E-state index is -0.0436. The van der Waals surface area contributed by atoms with Gasteiger partial charge < -0.3 is 13.7 Å². The zero-order chi connectivity index (χ0) is 84.9. The lowest BCUT2D eigenvalue weighted by Gasteiger charge is -2.22. The van der Waals surface area contributed by atoms with Gasteiger partial charge in [0.25, 0.3) is 0 Å². The number of rotatable bonds is 11. The summed E-state index contributed by atoms with van der Waals surface area (Å²) in [5.74, 6) is 0. The average Bonchev–Trinajstić information content (AvgIpc) is 1.58. The van der Waals surface area contributed by atoms with E-state index < -0.39 is 0 Å². The molecule has 0 aliphatic heterocycles. The summed E-state index contributed by atoms with van der Waals surface area (Å²) >= 11 is 11.2. The summed E-state index contributed by atoms with van der Waals surface area (Å²) in [6.45, 7) is 9.38. The third-order valence-corrected chi connectivity index (χ3v) is 28.3. The molecule has 0 radical (unpaired) electrons. The minimum absolute atomic E-state index is 0.00276. The first kappa shape index (κ1) is 78.0. The SMILES string of the molecule is Brc1ccccc1-c1cccc(-c2ccc3c4ccccc4n(-c4ccc(-c5ccccc5)cc4-c4ccccc4)c3c2)c1.CC1(C)c2ccccc2-c2cc(-n3c4ccccc4c4ccc(-c5cccc(-c6ccccc6Br)c5)cc43)ccc21.CC1(C)c2ccccc2-c2ccc(-n3c4ccccc4c4ccc(-c5cccc(-c6ccccc6Br)c5)cc43)cc21. The lowest BCUT2D eigenvalue weighted by atomic mass is 9.82. The van der Waals surface area contributed by atoms with Crippen LogP contribution in [0.15, 0.2) is 450 Å². The van der Waals surface area contributed by atoms with Crippen LogP contribution in [-0.4, -0.2) is 13.7 Å². The second-order valence-corrected chi connectivity index (χ2v) is 36.8. The topological polar surface area (TPSA) is 14.8 Å². The number of hydrogen-bond acceptors (Lipinski definition) is 0. The fourth-order valence-electron chi connectivity index (χ4n) is 20.0. The Hall–Kier alpha value is -14.0. The largest absolute Gasteiger partial charge is 0.309 e. The van der Waals surface area contributed by atoms with Crippen LogP contribution in [0.3, 0.4) is 0 Å². The number of hydrogen-bond donors (Lipinski definition) is 0. The molecular formula is C120H84Br3N3. The van der Waals surface area contributed by atoms with Crippen molar-refractivity contribution < 1.29 is 0 Å². The molecule has 126 heavy (non-hydrogen) atoms. The highest BCUT2D eigenvalue weighted by Crippen LogP contribution is 2.53. The van der Waals surface area contributed by atoms with Crippen LogP contribution in [0, 0.1) is 0 Å². The summed E-state index contributed by atoms with van der Waals surface area (Å²) < 4.78 is 10.7. The predicted octanol–water partition coefficient (Wildman–Crippen LogP) is 34.6. The summed E-state index contributed by atoms with van der Waals surface area (Å²) in [5, 5.41) is 7.60. The molecule has 0 N–H and O–H groups in total. The third kappa shape index (κ3) is 13.6. The highest BCUT2D eigenvalue weighted by Gasteiger charge is 2.37. The van der Waals surface area contributed by atoms with E-state index in [1.54, 1.807) is 0 Å². The predicted molar refractivity (Wildman–Crippen MR) is 544 cm³/mol. The van der Waals surface area contributed by atoms with Crippen LogP contribution in [0.4, 0.5) is 0 Å². The summed E-state index contributed by atoms with van der Waals surface area (Å²) in [6.07, 6.45) is 0. The number of benzene rings is 19.